The number of nitrogens with one attached hydrogen (secondary N) is 4. The number of primary amides is 1. The minimum atomic E-state index is -1.43. The van der Waals surface area contributed by atoms with Gasteiger partial charge >= 0.3 is 0 Å². The molecule has 0 bridgehead atoms. The van der Waals surface area contributed by atoms with Gasteiger partial charge in [0.25, 0.3) is 0 Å². The van der Waals surface area contributed by atoms with Gasteiger partial charge in [0, 0.05) is 19.4 Å². The Kier molecular flexibility index (Phi) is 16.1. The summed E-state index contributed by atoms with van der Waals surface area (Å²) in [6.45, 7) is -0.624. The predicted molar refractivity (Wildman–Crippen MR) is 192 cm³/mol. The summed E-state index contributed by atoms with van der Waals surface area (Å²) in [5.41, 5.74) is 24.8. The van der Waals surface area contributed by atoms with E-state index in [1.165, 1.54) is 0 Å². The zero-order chi connectivity index (χ0) is 37.2. The molecule has 0 radical (unpaired) electrons. The van der Waals surface area contributed by atoms with Gasteiger partial charge in [-0.3, -0.25) is 29.0 Å². The number of hydrogen-bond donors (Lipinski definition) is 9. The molecule has 0 aliphatic carbocycles. The number of hydrogen-bond acceptors (Lipinski definition) is 8. The summed E-state index contributed by atoms with van der Waals surface area (Å²) in [5.74, 6) is -3.86. The van der Waals surface area contributed by atoms with Crippen molar-refractivity contribution < 1.29 is 29.1 Å². The summed E-state index contributed by atoms with van der Waals surface area (Å²) in [5, 5.41) is 20.4. The Hall–Kier alpha value is -5.80. The third-order valence-corrected chi connectivity index (χ3v) is 7.89. The van der Waals surface area contributed by atoms with Crippen LogP contribution in [0.3, 0.4) is 0 Å². The first-order valence-electron chi connectivity index (χ1n) is 16.5. The minimum absolute atomic E-state index is 0.00170. The van der Waals surface area contributed by atoms with Gasteiger partial charge in [0.05, 0.1) is 12.6 Å². The van der Waals surface area contributed by atoms with Crippen molar-refractivity contribution >= 4 is 35.5 Å². The standard InChI is InChI=1S/C36H47N9O6/c37-26(19-23-11-4-1-5-12-23)32(48)45-30(22-46)35(51)44-29(21-25-15-8-3-9-16-25)34(50)42-27(17-10-18-41-36(39)40)33(49)43-28(31(38)47)20-24-13-6-2-7-14-24/h1-9,11-16,26-30,46H,10,17-22,37H2,(H2,38,47)(H,42,50)(H,43,49)(H,44,51)(H,45,48)(H4,39,40,41)/t26-,27-,28-,29-,30-/m0/s1. The SMILES string of the molecule is NC(=O)[C@H](Cc1ccccc1)NC(=O)[C@H](CCCN=C(N)N)NC(=O)[C@H](Cc1ccccc1)NC(=O)[C@H](CO)NC(=O)[C@@H](N)Cc1ccccc1. The number of aliphatic hydroxyl groups is 1. The molecule has 0 aliphatic rings. The molecule has 0 aliphatic heterocycles. The van der Waals surface area contributed by atoms with Gasteiger partial charge in [0.1, 0.15) is 24.2 Å². The molecule has 0 unspecified atom stereocenters. The Bertz CT molecular complexity index is 1610. The summed E-state index contributed by atoms with van der Waals surface area (Å²) in [6, 6.07) is 20.8. The first-order chi connectivity index (χ1) is 24.5. The lowest BCUT2D eigenvalue weighted by atomic mass is 10.0. The van der Waals surface area contributed by atoms with Gasteiger partial charge in [0.15, 0.2) is 5.96 Å². The number of nitrogens with two attached hydrogens (primary N) is 4. The van der Waals surface area contributed by atoms with Gasteiger partial charge in [-0.15, -0.1) is 0 Å². The molecule has 0 heterocycles. The van der Waals surface area contributed by atoms with Gasteiger partial charge in [-0.05, 0) is 36.0 Å². The van der Waals surface area contributed by atoms with Crippen molar-refractivity contribution in [1.29, 1.82) is 0 Å². The van der Waals surface area contributed by atoms with Crippen LogP contribution in [0.4, 0.5) is 0 Å². The Morgan fingerprint density at radius 2 is 0.980 bits per heavy atom. The molecular formula is C36H47N9O6. The largest absolute Gasteiger partial charge is 0.394 e. The predicted octanol–water partition coefficient (Wildman–Crippen LogP) is -1.49. The molecule has 0 spiro atoms. The fraction of sp³-hybridized carbons (Fsp3) is 0.333. The van der Waals surface area contributed by atoms with E-state index in [2.05, 4.69) is 26.3 Å². The number of benzene rings is 3. The van der Waals surface area contributed by atoms with Crippen LogP contribution in [0.25, 0.3) is 0 Å². The van der Waals surface area contributed by atoms with E-state index in [0.717, 1.165) is 11.1 Å². The lowest BCUT2D eigenvalue weighted by molar-refractivity contribution is -0.135. The van der Waals surface area contributed by atoms with Crippen LogP contribution in [0.2, 0.25) is 0 Å². The van der Waals surface area contributed by atoms with Gasteiger partial charge < -0.3 is 49.3 Å². The quantitative estimate of drug-likeness (QED) is 0.0377. The minimum Gasteiger partial charge on any atom is -0.394 e. The zero-order valence-electron chi connectivity index (χ0n) is 28.2. The number of guanidine groups is 1. The third kappa shape index (κ3) is 13.9. The van der Waals surface area contributed by atoms with E-state index in [-0.39, 0.29) is 44.6 Å². The van der Waals surface area contributed by atoms with Crippen molar-refractivity contribution in [2.24, 2.45) is 27.9 Å². The Morgan fingerprint density at radius 3 is 1.47 bits per heavy atom. The van der Waals surface area contributed by atoms with Crippen LogP contribution in [0.15, 0.2) is 96.0 Å². The van der Waals surface area contributed by atoms with E-state index in [9.17, 15) is 29.1 Å². The summed E-state index contributed by atoms with van der Waals surface area (Å²) >= 11 is 0. The van der Waals surface area contributed by atoms with Crippen molar-refractivity contribution in [1.82, 2.24) is 21.3 Å². The molecule has 272 valence electrons. The Labute approximate surface area is 296 Å². The maximum absolute atomic E-state index is 13.9. The van der Waals surface area contributed by atoms with Crippen molar-refractivity contribution in [3.63, 3.8) is 0 Å². The van der Waals surface area contributed by atoms with E-state index < -0.39 is 66.4 Å². The summed E-state index contributed by atoms with van der Waals surface area (Å²) in [4.78, 5) is 70.0. The lowest BCUT2D eigenvalue weighted by Crippen LogP contribution is -2.60. The Morgan fingerprint density at radius 1 is 0.569 bits per heavy atom. The molecule has 15 nitrogen and oxygen atoms in total. The molecule has 51 heavy (non-hydrogen) atoms. The molecule has 3 aromatic rings. The van der Waals surface area contributed by atoms with E-state index >= 15 is 0 Å². The molecular weight excluding hydrogens is 654 g/mol. The van der Waals surface area contributed by atoms with Crippen molar-refractivity contribution in [3.8, 4) is 0 Å². The number of carbonyl (C=O) groups excluding carboxylic acids is 5. The molecule has 3 rings (SSSR count). The lowest BCUT2D eigenvalue weighted by Gasteiger charge is -2.26. The summed E-state index contributed by atoms with van der Waals surface area (Å²) in [6.07, 6.45) is 0.643. The van der Waals surface area contributed by atoms with Crippen molar-refractivity contribution in [3.05, 3.63) is 108 Å². The second-order valence-electron chi connectivity index (χ2n) is 12.0. The second kappa shape index (κ2) is 20.7. The molecule has 15 heteroatoms. The molecule has 3 aromatic carbocycles. The molecule has 5 amide bonds. The van der Waals surface area contributed by atoms with E-state index in [0.29, 0.717) is 5.56 Å². The maximum Gasteiger partial charge on any atom is 0.245 e. The van der Waals surface area contributed by atoms with Crippen LogP contribution in [0.1, 0.15) is 29.5 Å². The second-order valence-corrected chi connectivity index (χ2v) is 12.0. The Balaban J connectivity index is 1.78. The fourth-order valence-corrected chi connectivity index (χ4v) is 5.15. The average molecular weight is 702 g/mol. The number of amides is 5. The van der Waals surface area contributed by atoms with Gasteiger partial charge in [-0.2, -0.15) is 0 Å². The molecule has 0 saturated heterocycles. The maximum atomic E-state index is 13.9. The first kappa shape index (κ1) is 39.6. The molecule has 13 N–H and O–H groups in total. The normalized spacial score (nSPS) is 13.7. The van der Waals surface area contributed by atoms with E-state index in [4.69, 9.17) is 22.9 Å². The van der Waals surface area contributed by atoms with Crippen LogP contribution in [-0.4, -0.2) is 84.0 Å². The highest BCUT2D eigenvalue weighted by Crippen LogP contribution is 2.09. The number of rotatable bonds is 20. The first-order valence-corrected chi connectivity index (χ1v) is 16.5. The van der Waals surface area contributed by atoms with Crippen molar-refractivity contribution in [2.75, 3.05) is 13.2 Å². The summed E-state index contributed by atoms with van der Waals surface area (Å²) in [7, 11) is 0. The van der Waals surface area contributed by atoms with Gasteiger partial charge in [-0.1, -0.05) is 91.0 Å². The molecule has 0 aromatic heterocycles. The smallest absolute Gasteiger partial charge is 0.245 e. The molecule has 0 fully saturated rings. The fourth-order valence-electron chi connectivity index (χ4n) is 5.15. The zero-order valence-corrected chi connectivity index (χ0v) is 28.2. The highest BCUT2D eigenvalue weighted by atomic mass is 16.3. The van der Waals surface area contributed by atoms with E-state index in [1.54, 1.807) is 66.7 Å². The monoisotopic (exact) mass is 701 g/mol. The van der Waals surface area contributed by atoms with Crippen LogP contribution >= 0.6 is 0 Å². The molecule has 5 atom stereocenters. The number of carbonyl (C=O) groups is 5. The van der Waals surface area contributed by atoms with Crippen LogP contribution < -0.4 is 44.2 Å². The highest BCUT2D eigenvalue weighted by Gasteiger charge is 2.31. The third-order valence-electron chi connectivity index (χ3n) is 7.89. The molecule has 0 saturated carbocycles. The highest BCUT2D eigenvalue weighted by molar-refractivity contribution is 5.96. The van der Waals surface area contributed by atoms with Gasteiger partial charge in [-0.25, -0.2) is 0 Å². The van der Waals surface area contributed by atoms with Gasteiger partial charge in [0.2, 0.25) is 29.5 Å². The van der Waals surface area contributed by atoms with Crippen molar-refractivity contribution in [2.45, 2.75) is 62.3 Å². The van der Waals surface area contributed by atoms with Crippen LogP contribution in [-0.2, 0) is 43.2 Å². The average Bonchev–Trinajstić information content (AvgIpc) is 3.12. The van der Waals surface area contributed by atoms with Crippen LogP contribution in [0, 0.1) is 0 Å². The number of aliphatic imine (C=N–C) groups is 1. The number of aliphatic hydroxyl groups excluding tert-OH is 1. The number of nitrogens with zero attached hydrogens (tertiary/aromatic N) is 1. The van der Waals surface area contributed by atoms with E-state index in [1.807, 2.05) is 24.3 Å². The summed E-state index contributed by atoms with van der Waals surface area (Å²) < 4.78 is 0. The topological polar surface area (TPSA) is 270 Å². The van der Waals surface area contributed by atoms with Crippen LogP contribution in [0.5, 0.6) is 0 Å².